The Morgan fingerprint density at radius 3 is 2.38 bits per heavy atom. The molecule has 0 rings (SSSR count). The van der Waals surface area contributed by atoms with Crippen LogP contribution in [0.1, 0.15) is 27.2 Å². The van der Waals surface area contributed by atoms with Crippen molar-refractivity contribution >= 4 is 8.32 Å². The molecular weight excluding hydrogens is 216 g/mol. The highest BCUT2D eigenvalue weighted by molar-refractivity contribution is 6.74. The first-order chi connectivity index (χ1) is 7.24. The van der Waals surface area contributed by atoms with Crippen LogP contribution >= 0.6 is 0 Å². The number of aliphatic hydroxyl groups is 1. The van der Waals surface area contributed by atoms with Crippen LogP contribution in [0.2, 0.25) is 18.1 Å². The fourth-order valence-corrected chi connectivity index (χ4v) is 2.35. The largest absolute Gasteiger partial charge is 0.410 e. The maximum absolute atomic E-state index is 8.99. The first kappa shape index (κ1) is 15.4. The Bertz CT molecular complexity index is 269. The first-order valence-corrected chi connectivity index (χ1v) is 8.57. The quantitative estimate of drug-likeness (QED) is 0.591. The van der Waals surface area contributed by atoms with Gasteiger partial charge in [0.25, 0.3) is 0 Å². The second-order valence-electron chi connectivity index (χ2n) is 5.45. The molecule has 0 bridgehead atoms. The van der Waals surface area contributed by atoms with Crippen LogP contribution in [0.25, 0.3) is 0 Å². The number of terminal acetylenes is 1. The van der Waals surface area contributed by atoms with Gasteiger partial charge < -0.3 is 9.53 Å². The molecule has 3 heteroatoms. The maximum atomic E-state index is 8.99. The van der Waals surface area contributed by atoms with Crippen molar-refractivity contribution in [2.45, 2.75) is 51.4 Å². The molecule has 0 unspecified atom stereocenters. The SMILES string of the molecule is C#C/C=C\[C@H](CCO)O[Si](C)(C)C(C)(C)C. The number of aliphatic hydroxyl groups excluding tert-OH is 1. The zero-order valence-electron chi connectivity index (χ0n) is 11.1. The van der Waals surface area contributed by atoms with Crippen LogP contribution < -0.4 is 0 Å². The van der Waals surface area contributed by atoms with E-state index in [1.165, 1.54) is 0 Å². The third-order valence-corrected chi connectivity index (χ3v) is 7.58. The molecule has 0 aromatic carbocycles. The predicted octanol–water partition coefficient (Wildman–Crippen LogP) is 2.95. The van der Waals surface area contributed by atoms with Gasteiger partial charge in [0, 0.05) is 6.61 Å². The van der Waals surface area contributed by atoms with Crippen LogP contribution in [0.15, 0.2) is 12.2 Å². The van der Waals surface area contributed by atoms with E-state index in [0.29, 0.717) is 6.42 Å². The fourth-order valence-electron chi connectivity index (χ4n) is 1.04. The smallest absolute Gasteiger partial charge is 0.192 e. The van der Waals surface area contributed by atoms with Gasteiger partial charge in [0.05, 0.1) is 6.10 Å². The van der Waals surface area contributed by atoms with E-state index in [0.717, 1.165) is 0 Å². The van der Waals surface area contributed by atoms with Gasteiger partial charge in [-0.05, 0) is 36.7 Å². The minimum Gasteiger partial charge on any atom is -0.410 e. The topological polar surface area (TPSA) is 29.5 Å². The Hall–Kier alpha value is -0.563. The monoisotopic (exact) mass is 240 g/mol. The van der Waals surface area contributed by atoms with Crippen LogP contribution in [0, 0.1) is 12.3 Å². The van der Waals surface area contributed by atoms with E-state index < -0.39 is 8.32 Å². The standard InChI is InChI=1S/C13H24O2Si/c1-7-8-9-12(10-11-14)15-16(5,6)13(2,3)4/h1,8-9,12,14H,10-11H2,2-6H3/b9-8-/t12-/m1/s1. The third kappa shape index (κ3) is 4.98. The Morgan fingerprint density at radius 1 is 1.44 bits per heavy atom. The van der Waals surface area contributed by atoms with Crippen molar-refractivity contribution in [3.8, 4) is 12.3 Å². The van der Waals surface area contributed by atoms with E-state index in [2.05, 4.69) is 39.8 Å². The lowest BCUT2D eigenvalue weighted by Crippen LogP contribution is -2.43. The molecule has 2 nitrogen and oxygen atoms in total. The second kappa shape index (κ2) is 6.24. The van der Waals surface area contributed by atoms with E-state index in [1.807, 2.05) is 6.08 Å². The van der Waals surface area contributed by atoms with E-state index in [1.54, 1.807) is 6.08 Å². The minimum atomic E-state index is -1.79. The van der Waals surface area contributed by atoms with Gasteiger partial charge in [0.15, 0.2) is 8.32 Å². The van der Waals surface area contributed by atoms with Crippen LogP contribution in [0.3, 0.4) is 0 Å². The molecule has 92 valence electrons. The van der Waals surface area contributed by atoms with Crippen molar-refractivity contribution < 1.29 is 9.53 Å². The highest BCUT2D eigenvalue weighted by atomic mass is 28.4. The van der Waals surface area contributed by atoms with Gasteiger partial charge in [-0.1, -0.05) is 26.7 Å². The summed E-state index contributed by atoms with van der Waals surface area (Å²) >= 11 is 0. The lowest BCUT2D eigenvalue weighted by molar-refractivity contribution is 0.174. The van der Waals surface area contributed by atoms with Crippen LogP contribution in [0.4, 0.5) is 0 Å². The molecule has 0 heterocycles. The maximum Gasteiger partial charge on any atom is 0.192 e. The summed E-state index contributed by atoms with van der Waals surface area (Å²) < 4.78 is 6.14. The first-order valence-electron chi connectivity index (χ1n) is 5.66. The van der Waals surface area contributed by atoms with Crippen molar-refractivity contribution in [2.75, 3.05) is 6.61 Å². The summed E-state index contributed by atoms with van der Waals surface area (Å²) in [7, 11) is -1.79. The van der Waals surface area contributed by atoms with Gasteiger partial charge in [0.1, 0.15) is 0 Å². The molecule has 0 aromatic rings. The average Bonchev–Trinajstić information content (AvgIpc) is 2.12. The summed E-state index contributed by atoms with van der Waals surface area (Å²) in [6.45, 7) is 11.1. The molecule has 0 fully saturated rings. The molecule has 0 amide bonds. The van der Waals surface area contributed by atoms with Gasteiger partial charge in [-0.15, -0.1) is 6.42 Å². The summed E-state index contributed by atoms with van der Waals surface area (Å²) in [4.78, 5) is 0. The molecule has 16 heavy (non-hydrogen) atoms. The van der Waals surface area contributed by atoms with Gasteiger partial charge in [-0.25, -0.2) is 0 Å². The number of rotatable bonds is 5. The molecule has 0 aliphatic carbocycles. The molecule has 0 radical (unpaired) electrons. The summed E-state index contributed by atoms with van der Waals surface area (Å²) in [6.07, 6.45) is 9.22. The van der Waals surface area contributed by atoms with Crippen LogP contribution in [-0.2, 0) is 4.43 Å². The molecule has 1 atom stereocenters. The van der Waals surface area contributed by atoms with Crippen LogP contribution in [0.5, 0.6) is 0 Å². The Kier molecular flexibility index (Phi) is 6.02. The summed E-state index contributed by atoms with van der Waals surface area (Å²) in [6, 6.07) is 0. The normalized spacial score (nSPS) is 15.1. The molecule has 0 aliphatic heterocycles. The van der Waals surface area contributed by atoms with Gasteiger partial charge in [-0.2, -0.15) is 0 Å². The Balaban J connectivity index is 4.63. The lowest BCUT2D eigenvalue weighted by Gasteiger charge is -2.38. The molecule has 0 saturated heterocycles. The van der Waals surface area contributed by atoms with Crippen molar-refractivity contribution in [1.82, 2.24) is 0 Å². The molecule has 0 spiro atoms. The summed E-state index contributed by atoms with van der Waals surface area (Å²) in [5.41, 5.74) is 0. The number of hydrogen-bond acceptors (Lipinski definition) is 2. The number of hydrogen-bond donors (Lipinski definition) is 1. The lowest BCUT2D eigenvalue weighted by atomic mass is 10.2. The summed E-state index contributed by atoms with van der Waals surface area (Å²) in [5, 5.41) is 9.16. The third-order valence-electron chi connectivity index (χ3n) is 3.07. The van der Waals surface area contributed by atoms with Gasteiger partial charge in [-0.3, -0.25) is 0 Å². The fraction of sp³-hybridized carbons (Fsp3) is 0.692. The summed E-state index contributed by atoms with van der Waals surface area (Å²) in [5.74, 6) is 2.45. The van der Waals surface area contributed by atoms with Gasteiger partial charge >= 0.3 is 0 Å². The van der Waals surface area contributed by atoms with Crippen molar-refractivity contribution in [2.24, 2.45) is 0 Å². The minimum absolute atomic E-state index is 0.0676. The second-order valence-corrected chi connectivity index (χ2v) is 10.2. The van der Waals surface area contributed by atoms with Crippen molar-refractivity contribution in [3.05, 3.63) is 12.2 Å². The van der Waals surface area contributed by atoms with E-state index in [-0.39, 0.29) is 17.7 Å². The Labute approximate surface area is 101 Å². The molecule has 1 N–H and O–H groups in total. The van der Waals surface area contributed by atoms with Gasteiger partial charge in [0.2, 0.25) is 0 Å². The number of allylic oxidation sites excluding steroid dienone is 1. The van der Waals surface area contributed by atoms with E-state index in [4.69, 9.17) is 16.0 Å². The molecule has 0 aromatic heterocycles. The van der Waals surface area contributed by atoms with E-state index in [9.17, 15) is 0 Å². The van der Waals surface area contributed by atoms with Crippen LogP contribution in [-0.4, -0.2) is 26.1 Å². The zero-order valence-corrected chi connectivity index (χ0v) is 12.1. The zero-order chi connectivity index (χ0) is 12.8. The van der Waals surface area contributed by atoms with Crippen molar-refractivity contribution in [1.29, 1.82) is 0 Å². The molecule has 0 saturated carbocycles. The van der Waals surface area contributed by atoms with Crippen molar-refractivity contribution in [3.63, 3.8) is 0 Å². The predicted molar refractivity (Wildman–Crippen MR) is 71.7 cm³/mol. The molecular formula is C13H24O2Si. The van der Waals surface area contributed by atoms with E-state index >= 15 is 0 Å². The Morgan fingerprint density at radius 2 is 2.00 bits per heavy atom. The average molecular weight is 240 g/mol. The highest BCUT2D eigenvalue weighted by Crippen LogP contribution is 2.37. The molecule has 0 aliphatic rings. The highest BCUT2D eigenvalue weighted by Gasteiger charge is 2.38.